The van der Waals surface area contributed by atoms with Crippen molar-refractivity contribution in [2.75, 3.05) is 11.5 Å². The van der Waals surface area contributed by atoms with Gasteiger partial charge in [-0.15, -0.1) is 0 Å². The van der Waals surface area contributed by atoms with Gasteiger partial charge >= 0.3 is 0 Å². The van der Waals surface area contributed by atoms with E-state index in [1.54, 1.807) is 4.90 Å². The van der Waals surface area contributed by atoms with Crippen LogP contribution >= 0.6 is 0 Å². The number of rotatable bonds is 6. The van der Waals surface area contributed by atoms with E-state index in [1.165, 1.54) is 0 Å². The topological polar surface area (TPSA) is 67.6 Å². The summed E-state index contributed by atoms with van der Waals surface area (Å²) in [6, 6.07) is 13.2. The number of nitrogens with zero attached hydrogens (tertiary/aromatic N) is 1. The molecule has 2 fully saturated rings. The Kier molecular flexibility index (Phi) is 4.84. The summed E-state index contributed by atoms with van der Waals surface area (Å²) in [5.74, 6) is 2.98. The summed E-state index contributed by atoms with van der Waals surface area (Å²) >= 11 is 0. The highest BCUT2D eigenvalue weighted by atomic mass is 32.2. The molecule has 1 aliphatic carbocycles. The number of carbonyl (C=O) groups excluding carboxylic acids is 1. The molecule has 1 aromatic heterocycles. The summed E-state index contributed by atoms with van der Waals surface area (Å²) in [6.07, 6.45) is 1.91. The molecule has 2 aliphatic rings. The molecule has 1 saturated carbocycles. The van der Waals surface area contributed by atoms with E-state index in [0.29, 0.717) is 24.8 Å². The quantitative estimate of drug-likeness (QED) is 0.764. The first-order chi connectivity index (χ1) is 12.9. The van der Waals surface area contributed by atoms with Gasteiger partial charge in [-0.05, 0) is 36.5 Å². The summed E-state index contributed by atoms with van der Waals surface area (Å²) in [6.45, 7) is 2.53. The van der Waals surface area contributed by atoms with Crippen LogP contribution in [0.15, 0.2) is 46.9 Å². The largest absolute Gasteiger partial charge is 0.464 e. The molecular weight excluding hydrogens is 362 g/mol. The van der Waals surface area contributed by atoms with E-state index in [0.717, 1.165) is 23.5 Å². The van der Waals surface area contributed by atoms with Gasteiger partial charge in [0.25, 0.3) is 0 Å². The van der Waals surface area contributed by atoms with Gasteiger partial charge in [0.05, 0.1) is 24.5 Å². The number of sulfone groups is 1. The number of furan rings is 1. The zero-order valence-electron chi connectivity index (χ0n) is 15.5. The molecular formula is C21H25NO4S. The van der Waals surface area contributed by atoms with E-state index in [1.807, 2.05) is 42.5 Å². The summed E-state index contributed by atoms with van der Waals surface area (Å²) < 4.78 is 29.9. The molecule has 1 saturated heterocycles. The Hall–Kier alpha value is -2.08. The lowest BCUT2D eigenvalue weighted by atomic mass is 10.1. The SMILES string of the molecule is CC1CC1c1ccc(CN(C(=O)Cc2ccccc2)C2CCS(=O)(=O)C2)o1. The Labute approximate surface area is 160 Å². The molecule has 2 aromatic rings. The van der Waals surface area contributed by atoms with E-state index in [2.05, 4.69) is 6.92 Å². The van der Waals surface area contributed by atoms with Crippen LogP contribution in [-0.4, -0.2) is 36.8 Å². The third-order valence-corrected chi connectivity index (χ3v) is 7.40. The van der Waals surface area contributed by atoms with Crippen molar-refractivity contribution >= 4 is 15.7 Å². The minimum atomic E-state index is -3.07. The van der Waals surface area contributed by atoms with Gasteiger partial charge < -0.3 is 9.32 Å². The van der Waals surface area contributed by atoms with E-state index < -0.39 is 9.84 Å². The third-order valence-electron chi connectivity index (χ3n) is 5.65. The first kappa shape index (κ1) is 18.3. The highest BCUT2D eigenvalue weighted by Gasteiger charge is 2.38. The van der Waals surface area contributed by atoms with Crippen LogP contribution in [0.5, 0.6) is 0 Å². The molecule has 2 heterocycles. The minimum Gasteiger partial charge on any atom is -0.464 e. The average molecular weight is 388 g/mol. The fourth-order valence-corrected chi connectivity index (χ4v) is 5.61. The molecule has 27 heavy (non-hydrogen) atoms. The standard InChI is InChI=1S/C21H25NO4S/c1-15-11-19(15)20-8-7-18(26-20)13-22(17-9-10-27(24,25)14-17)21(23)12-16-5-3-2-4-6-16/h2-8,15,17,19H,9-14H2,1H3. The van der Waals surface area contributed by atoms with Gasteiger partial charge in [0.1, 0.15) is 11.5 Å². The molecule has 0 spiro atoms. The Morgan fingerprint density at radius 3 is 2.56 bits per heavy atom. The van der Waals surface area contributed by atoms with Crippen LogP contribution in [-0.2, 0) is 27.6 Å². The second-order valence-corrected chi connectivity index (χ2v) is 10.1. The zero-order chi connectivity index (χ0) is 19.0. The van der Waals surface area contributed by atoms with Gasteiger partial charge in [-0.1, -0.05) is 37.3 Å². The third kappa shape index (κ3) is 4.26. The van der Waals surface area contributed by atoms with Gasteiger partial charge in [-0.2, -0.15) is 0 Å². The molecule has 1 amide bonds. The first-order valence-corrected chi connectivity index (χ1v) is 11.4. The van der Waals surface area contributed by atoms with Crippen LogP contribution in [0.4, 0.5) is 0 Å². The molecule has 3 unspecified atom stereocenters. The Balaban J connectivity index is 1.52. The Morgan fingerprint density at radius 2 is 1.93 bits per heavy atom. The molecule has 5 nitrogen and oxygen atoms in total. The van der Waals surface area contributed by atoms with Gasteiger partial charge in [0.15, 0.2) is 9.84 Å². The maximum atomic E-state index is 13.0. The second kappa shape index (κ2) is 7.15. The number of hydrogen-bond acceptors (Lipinski definition) is 4. The van der Waals surface area contributed by atoms with Crippen molar-refractivity contribution in [3.63, 3.8) is 0 Å². The van der Waals surface area contributed by atoms with E-state index in [-0.39, 0.29) is 29.9 Å². The number of benzene rings is 1. The maximum absolute atomic E-state index is 13.0. The molecule has 6 heteroatoms. The van der Waals surface area contributed by atoms with Gasteiger partial charge in [0, 0.05) is 12.0 Å². The maximum Gasteiger partial charge on any atom is 0.227 e. The van der Waals surface area contributed by atoms with E-state index in [9.17, 15) is 13.2 Å². The van der Waals surface area contributed by atoms with Crippen LogP contribution < -0.4 is 0 Å². The van der Waals surface area contributed by atoms with E-state index in [4.69, 9.17) is 4.42 Å². The molecule has 1 aromatic carbocycles. The molecule has 0 radical (unpaired) electrons. The number of carbonyl (C=O) groups is 1. The van der Waals surface area contributed by atoms with Crippen LogP contribution in [0.3, 0.4) is 0 Å². The van der Waals surface area contributed by atoms with Crippen LogP contribution in [0.25, 0.3) is 0 Å². The molecule has 144 valence electrons. The first-order valence-electron chi connectivity index (χ1n) is 9.54. The van der Waals surface area contributed by atoms with E-state index >= 15 is 0 Å². The lowest BCUT2D eigenvalue weighted by molar-refractivity contribution is -0.133. The van der Waals surface area contributed by atoms with Gasteiger partial charge in [0.2, 0.25) is 5.91 Å². The van der Waals surface area contributed by atoms with Gasteiger partial charge in [-0.3, -0.25) is 4.79 Å². The summed E-state index contributed by atoms with van der Waals surface area (Å²) in [5, 5.41) is 0. The lowest BCUT2D eigenvalue weighted by Gasteiger charge is -2.27. The van der Waals surface area contributed by atoms with Crippen LogP contribution in [0.1, 0.15) is 42.8 Å². The Morgan fingerprint density at radius 1 is 1.19 bits per heavy atom. The predicted molar refractivity (Wildman–Crippen MR) is 103 cm³/mol. The normalized spacial score (nSPS) is 26.0. The fourth-order valence-electron chi connectivity index (χ4n) is 3.88. The molecule has 4 rings (SSSR count). The fraction of sp³-hybridized carbons (Fsp3) is 0.476. The van der Waals surface area contributed by atoms with Crippen LogP contribution in [0.2, 0.25) is 0 Å². The van der Waals surface area contributed by atoms with Crippen molar-refractivity contribution in [1.29, 1.82) is 0 Å². The van der Waals surface area contributed by atoms with Crippen molar-refractivity contribution < 1.29 is 17.6 Å². The predicted octanol–water partition coefficient (Wildman–Crippen LogP) is 3.16. The molecule has 0 bridgehead atoms. The van der Waals surface area contributed by atoms with Crippen LogP contribution in [0, 0.1) is 5.92 Å². The van der Waals surface area contributed by atoms with Gasteiger partial charge in [-0.25, -0.2) is 8.42 Å². The average Bonchev–Trinajstić information content (AvgIpc) is 3.03. The smallest absolute Gasteiger partial charge is 0.227 e. The van der Waals surface area contributed by atoms with Crippen molar-refractivity contribution in [1.82, 2.24) is 4.90 Å². The highest BCUT2D eigenvalue weighted by molar-refractivity contribution is 7.91. The molecule has 3 atom stereocenters. The molecule has 0 N–H and O–H groups in total. The zero-order valence-corrected chi connectivity index (χ0v) is 16.3. The lowest BCUT2D eigenvalue weighted by Crippen LogP contribution is -2.41. The number of amides is 1. The Bertz CT molecular complexity index is 919. The number of hydrogen-bond donors (Lipinski definition) is 0. The summed E-state index contributed by atoms with van der Waals surface area (Å²) in [5.41, 5.74) is 0.931. The van der Waals surface area contributed by atoms with Crippen molar-refractivity contribution in [2.45, 2.75) is 44.7 Å². The highest BCUT2D eigenvalue weighted by Crippen LogP contribution is 2.47. The second-order valence-electron chi connectivity index (χ2n) is 7.86. The van der Waals surface area contributed by atoms with Crippen molar-refractivity contribution in [2.24, 2.45) is 5.92 Å². The summed E-state index contributed by atoms with van der Waals surface area (Å²) in [7, 11) is -3.07. The summed E-state index contributed by atoms with van der Waals surface area (Å²) in [4.78, 5) is 14.7. The minimum absolute atomic E-state index is 0.0424. The molecule has 1 aliphatic heterocycles. The van der Waals surface area contributed by atoms with Crippen molar-refractivity contribution in [3.8, 4) is 0 Å². The monoisotopic (exact) mass is 387 g/mol. The van der Waals surface area contributed by atoms with Crippen molar-refractivity contribution in [3.05, 3.63) is 59.5 Å².